The van der Waals surface area contributed by atoms with Gasteiger partial charge in [-0.2, -0.15) is 5.10 Å². The number of carbonyl (C=O) groups excluding carboxylic acids is 1. The third-order valence-corrected chi connectivity index (χ3v) is 4.72. The van der Waals surface area contributed by atoms with E-state index in [0.717, 1.165) is 49.4 Å². The van der Waals surface area contributed by atoms with E-state index in [1.54, 1.807) is 6.20 Å². The summed E-state index contributed by atoms with van der Waals surface area (Å²) in [6.07, 6.45) is 7.10. The smallest absolute Gasteiger partial charge is 0.231 e. The van der Waals surface area contributed by atoms with Crippen LogP contribution in [0.4, 0.5) is 0 Å². The van der Waals surface area contributed by atoms with Crippen molar-refractivity contribution in [3.8, 4) is 11.5 Å². The molecule has 3 heterocycles. The van der Waals surface area contributed by atoms with Gasteiger partial charge in [-0.15, -0.1) is 0 Å². The van der Waals surface area contributed by atoms with E-state index in [1.807, 2.05) is 40.0 Å². The zero-order chi connectivity index (χ0) is 16.4. The predicted octanol–water partition coefficient (Wildman–Crippen LogP) is 2.24. The number of ether oxygens (including phenoxy) is 2. The molecule has 1 amide bonds. The summed E-state index contributed by atoms with van der Waals surface area (Å²) in [6.45, 7) is 1.91. The third-order valence-electron chi connectivity index (χ3n) is 4.72. The molecule has 0 bridgehead atoms. The Bertz CT molecular complexity index is 714. The second kappa shape index (κ2) is 6.55. The van der Waals surface area contributed by atoms with E-state index >= 15 is 0 Å². The molecule has 0 spiro atoms. The topological polar surface area (TPSA) is 56.6 Å². The van der Waals surface area contributed by atoms with Gasteiger partial charge in [0.1, 0.15) is 0 Å². The number of rotatable bonds is 5. The van der Waals surface area contributed by atoms with Gasteiger partial charge in [0.2, 0.25) is 12.7 Å². The van der Waals surface area contributed by atoms with Crippen molar-refractivity contribution in [2.75, 3.05) is 13.3 Å². The molecule has 0 saturated carbocycles. The Balaban J connectivity index is 1.35. The highest BCUT2D eigenvalue weighted by atomic mass is 16.7. The number of benzene rings is 1. The highest BCUT2D eigenvalue weighted by Crippen LogP contribution is 2.33. The molecule has 0 radical (unpaired) electrons. The summed E-state index contributed by atoms with van der Waals surface area (Å²) in [5.74, 6) is 1.78. The molecule has 0 aliphatic carbocycles. The Morgan fingerprint density at radius 1 is 1.29 bits per heavy atom. The number of carbonyl (C=O) groups is 1. The SMILES string of the molecule is O=C(CCc1ccc2c(c1)OCO2)N1CCC[C@@H]1Cn1cccn1. The van der Waals surface area contributed by atoms with E-state index in [0.29, 0.717) is 6.42 Å². The van der Waals surface area contributed by atoms with Crippen LogP contribution in [0.25, 0.3) is 0 Å². The molecule has 1 atom stereocenters. The lowest BCUT2D eigenvalue weighted by Gasteiger charge is -2.24. The lowest BCUT2D eigenvalue weighted by Crippen LogP contribution is -2.38. The summed E-state index contributed by atoms with van der Waals surface area (Å²) in [5, 5.41) is 4.25. The molecule has 4 rings (SSSR count). The molecule has 6 heteroatoms. The van der Waals surface area contributed by atoms with E-state index in [2.05, 4.69) is 5.10 Å². The molecule has 1 fully saturated rings. The quantitative estimate of drug-likeness (QED) is 0.845. The Morgan fingerprint density at radius 2 is 2.21 bits per heavy atom. The minimum Gasteiger partial charge on any atom is -0.454 e. The average Bonchev–Trinajstić information content (AvgIpc) is 3.34. The number of hydrogen-bond donors (Lipinski definition) is 0. The van der Waals surface area contributed by atoms with Gasteiger partial charge >= 0.3 is 0 Å². The van der Waals surface area contributed by atoms with Crippen LogP contribution in [0, 0.1) is 0 Å². The number of aromatic nitrogens is 2. The summed E-state index contributed by atoms with van der Waals surface area (Å²) in [4.78, 5) is 14.7. The highest BCUT2D eigenvalue weighted by molar-refractivity contribution is 5.77. The van der Waals surface area contributed by atoms with Crippen molar-refractivity contribution in [3.63, 3.8) is 0 Å². The van der Waals surface area contributed by atoms with E-state index in [4.69, 9.17) is 9.47 Å². The second-order valence-electron chi connectivity index (χ2n) is 6.30. The molecule has 24 heavy (non-hydrogen) atoms. The zero-order valence-electron chi connectivity index (χ0n) is 13.6. The van der Waals surface area contributed by atoms with E-state index in [1.165, 1.54) is 0 Å². The molecule has 1 aromatic carbocycles. The Morgan fingerprint density at radius 3 is 3.08 bits per heavy atom. The number of nitrogens with zero attached hydrogens (tertiary/aromatic N) is 3. The maximum Gasteiger partial charge on any atom is 0.231 e. The monoisotopic (exact) mass is 327 g/mol. The number of amides is 1. The highest BCUT2D eigenvalue weighted by Gasteiger charge is 2.28. The molecule has 1 saturated heterocycles. The first-order valence-electron chi connectivity index (χ1n) is 8.45. The fourth-order valence-corrected chi connectivity index (χ4v) is 3.47. The first-order valence-corrected chi connectivity index (χ1v) is 8.45. The standard InChI is InChI=1S/C18H21N3O3/c22-18(7-5-14-4-6-16-17(11-14)24-13-23-16)21-10-1-3-15(21)12-20-9-2-8-19-20/h2,4,6,8-9,11,15H,1,3,5,7,10,12-13H2/t15-/m1/s1. The first kappa shape index (κ1) is 15.1. The zero-order valence-corrected chi connectivity index (χ0v) is 13.6. The maximum atomic E-state index is 12.6. The van der Waals surface area contributed by atoms with E-state index in [-0.39, 0.29) is 18.7 Å². The first-order chi connectivity index (χ1) is 11.8. The van der Waals surface area contributed by atoms with Gasteiger partial charge < -0.3 is 14.4 Å². The van der Waals surface area contributed by atoms with Crippen molar-refractivity contribution in [2.45, 2.75) is 38.3 Å². The van der Waals surface area contributed by atoms with E-state index in [9.17, 15) is 4.79 Å². The van der Waals surface area contributed by atoms with Gasteiger partial charge in [0.05, 0.1) is 12.6 Å². The fraction of sp³-hybridized carbons (Fsp3) is 0.444. The van der Waals surface area contributed by atoms with E-state index < -0.39 is 0 Å². The van der Waals surface area contributed by atoms with Crippen LogP contribution in [0.5, 0.6) is 11.5 Å². The predicted molar refractivity (Wildman–Crippen MR) is 87.8 cm³/mol. The van der Waals surface area contributed by atoms with Gasteiger partial charge in [0, 0.05) is 25.4 Å². The van der Waals surface area contributed by atoms with Crippen molar-refractivity contribution in [1.29, 1.82) is 0 Å². The van der Waals surface area contributed by atoms with Crippen LogP contribution in [0.1, 0.15) is 24.8 Å². The largest absolute Gasteiger partial charge is 0.454 e. The molecular formula is C18H21N3O3. The maximum absolute atomic E-state index is 12.6. The minimum atomic E-state index is 0.224. The van der Waals surface area contributed by atoms with Crippen LogP contribution >= 0.6 is 0 Å². The molecule has 2 aliphatic rings. The van der Waals surface area contributed by atoms with Crippen LogP contribution in [0.15, 0.2) is 36.7 Å². The number of hydrogen-bond acceptors (Lipinski definition) is 4. The molecule has 0 N–H and O–H groups in total. The van der Waals surface area contributed by atoms with Gasteiger partial charge in [-0.1, -0.05) is 6.07 Å². The summed E-state index contributed by atoms with van der Waals surface area (Å²) < 4.78 is 12.6. The lowest BCUT2D eigenvalue weighted by atomic mass is 10.1. The Kier molecular flexibility index (Phi) is 4.11. The van der Waals surface area contributed by atoms with Crippen LogP contribution in [-0.4, -0.2) is 40.0 Å². The van der Waals surface area contributed by atoms with Gasteiger partial charge in [-0.05, 0) is 43.0 Å². The van der Waals surface area contributed by atoms with Crippen molar-refractivity contribution in [1.82, 2.24) is 14.7 Å². The fourth-order valence-electron chi connectivity index (χ4n) is 3.47. The lowest BCUT2D eigenvalue weighted by molar-refractivity contribution is -0.132. The minimum absolute atomic E-state index is 0.224. The number of fused-ring (bicyclic) bond motifs is 1. The normalized spacial score (nSPS) is 19.0. The summed E-state index contributed by atoms with van der Waals surface area (Å²) in [7, 11) is 0. The van der Waals surface area contributed by atoms with Crippen LogP contribution in [0.2, 0.25) is 0 Å². The summed E-state index contributed by atoms with van der Waals surface area (Å²) >= 11 is 0. The van der Waals surface area contributed by atoms with Gasteiger partial charge in [-0.25, -0.2) is 0 Å². The summed E-state index contributed by atoms with van der Waals surface area (Å²) in [6, 6.07) is 8.07. The molecule has 6 nitrogen and oxygen atoms in total. The molecule has 0 unspecified atom stereocenters. The van der Waals surface area contributed by atoms with Crippen molar-refractivity contribution < 1.29 is 14.3 Å². The molecule has 2 aliphatic heterocycles. The van der Waals surface area contributed by atoms with Crippen molar-refractivity contribution in [3.05, 3.63) is 42.2 Å². The average molecular weight is 327 g/mol. The Hall–Kier alpha value is -2.50. The van der Waals surface area contributed by atoms with Crippen molar-refractivity contribution in [2.24, 2.45) is 0 Å². The molecular weight excluding hydrogens is 306 g/mol. The van der Waals surface area contributed by atoms with Gasteiger partial charge in [-0.3, -0.25) is 9.48 Å². The Labute approximate surface area is 141 Å². The van der Waals surface area contributed by atoms with Gasteiger partial charge in [0.15, 0.2) is 11.5 Å². The van der Waals surface area contributed by atoms with Crippen molar-refractivity contribution >= 4 is 5.91 Å². The second-order valence-corrected chi connectivity index (χ2v) is 6.30. The van der Waals surface area contributed by atoms with Crippen LogP contribution in [0.3, 0.4) is 0 Å². The number of likely N-dealkylation sites (tertiary alicyclic amines) is 1. The molecule has 2 aromatic rings. The molecule has 1 aromatic heterocycles. The summed E-state index contributed by atoms with van der Waals surface area (Å²) in [5.41, 5.74) is 1.11. The molecule has 126 valence electrons. The van der Waals surface area contributed by atoms with Gasteiger partial charge in [0.25, 0.3) is 0 Å². The van der Waals surface area contributed by atoms with Crippen LogP contribution < -0.4 is 9.47 Å². The number of aryl methyl sites for hydroxylation is 1. The third kappa shape index (κ3) is 3.09. The van der Waals surface area contributed by atoms with Crippen LogP contribution in [-0.2, 0) is 17.8 Å².